The molecule has 0 unspecified atom stereocenters. The summed E-state index contributed by atoms with van der Waals surface area (Å²) in [5.74, 6) is -0.828. The summed E-state index contributed by atoms with van der Waals surface area (Å²) in [4.78, 5) is 24.9. The van der Waals surface area contributed by atoms with Crippen molar-refractivity contribution in [2.75, 3.05) is 18.8 Å². The number of amides is 1. The van der Waals surface area contributed by atoms with Crippen molar-refractivity contribution >= 4 is 49.9 Å². The smallest absolute Gasteiger partial charge is 0.407 e. The number of carbonyl (C=O) groups is 1. The van der Waals surface area contributed by atoms with Crippen LogP contribution in [-0.4, -0.2) is 38.6 Å². The van der Waals surface area contributed by atoms with E-state index < -0.39 is 27.7 Å². The Balaban J connectivity index is 0.00000408. The fourth-order valence-electron chi connectivity index (χ4n) is 3.38. The number of halogens is 2. The number of carboxylic acid groups (broad SMARTS) is 1. The van der Waals surface area contributed by atoms with Gasteiger partial charge >= 0.3 is 11.7 Å². The molecule has 3 aromatic rings. The van der Waals surface area contributed by atoms with Crippen molar-refractivity contribution in [2.45, 2.75) is 19.5 Å². The number of hydrogen-bond acceptors (Lipinski definition) is 6. The maximum atomic E-state index is 15.0. The molecule has 13 heteroatoms. The molecule has 1 amide bonds. The SMILES string of the molecule is Br.CNS(=O)(=O)Nc1cccc(Cc2c(CN)c3ccc(CN(C)C(=O)O)cc3oc2=O)c1F. The van der Waals surface area contributed by atoms with Crippen LogP contribution in [0.25, 0.3) is 11.0 Å². The van der Waals surface area contributed by atoms with Gasteiger partial charge in [-0.15, -0.1) is 17.0 Å². The van der Waals surface area contributed by atoms with Crippen molar-refractivity contribution in [3.8, 4) is 0 Å². The second-order valence-corrected chi connectivity index (χ2v) is 8.90. The molecule has 0 spiro atoms. The lowest BCUT2D eigenvalue weighted by atomic mass is 9.97. The quantitative estimate of drug-likeness (QED) is 0.309. The van der Waals surface area contributed by atoms with Gasteiger partial charge in [0.1, 0.15) is 5.58 Å². The van der Waals surface area contributed by atoms with Crippen LogP contribution in [0.5, 0.6) is 0 Å². The van der Waals surface area contributed by atoms with Crippen molar-refractivity contribution in [2.24, 2.45) is 5.73 Å². The van der Waals surface area contributed by atoms with Gasteiger partial charge in [-0.1, -0.05) is 24.3 Å². The maximum Gasteiger partial charge on any atom is 0.407 e. The largest absolute Gasteiger partial charge is 0.465 e. The molecule has 1 heterocycles. The zero-order valence-electron chi connectivity index (χ0n) is 18.3. The first-order valence-corrected chi connectivity index (χ1v) is 11.2. The third kappa shape index (κ3) is 5.91. The normalized spacial score (nSPS) is 11.2. The molecule has 3 rings (SSSR count). The average molecular weight is 559 g/mol. The van der Waals surface area contributed by atoms with E-state index in [9.17, 15) is 22.4 Å². The summed E-state index contributed by atoms with van der Waals surface area (Å²) in [6, 6.07) is 9.08. The summed E-state index contributed by atoms with van der Waals surface area (Å²) in [5, 5.41) is 9.58. The van der Waals surface area contributed by atoms with Crippen LogP contribution < -0.4 is 20.8 Å². The van der Waals surface area contributed by atoms with E-state index in [1.54, 1.807) is 18.2 Å². The van der Waals surface area contributed by atoms with Crippen LogP contribution in [0.15, 0.2) is 45.6 Å². The molecule has 1 aromatic heterocycles. The Labute approximate surface area is 205 Å². The summed E-state index contributed by atoms with van der Waals surface area (Å²) in [6.45, 7) is 0.0642. The molecule has 2 aromatic carbocycles. The third-order valence-corrected chi connectivity index (χ3v) is 6.12. The number of nitrogens with one attached hydrogen (secondary N) is 2. The molecule has 0 aliphatic rings. The molecule has 0 radical (unpaired) electrons. The number of nitrogens with zero attached hydrogens (tertiary/aromatic N) is 1. The Morgan fingerprint density at radius 1 is 1.24 bits per heavy atom. The first-order chi connectivity index (χ1) is 15.6. The summed E-state index contributed by atoms with van der Waals surface area (Å²) in [5.41, 5.74) is 6.45. The standard InChI is InChI=1S/C21H23FN4O6S.BrH/c1-24-33(30,31)25-17-5-3-4-13(19(17)22)9-15-16(10-23)14-7-6-12(11-26(2)21(28)29)8-18(14)32-20(15)27;/h3-8,24-25H,9-11,23H2,1-2H3,(H,28,29);1H. The van der Waals surface area contributed by atoms with Gasteiger partial charge in [-0.25, -0.2) is 18.7 Å². The zero-order valence-corrected chi connectivity index (χ0v) is 20.8. The average Bonchev–Trinajstić information content (AvgIpc) is 2.76. The monoisotopic (exact) mass is 558 g/mol. The lowest BCUT2D eigenvalue weighted by Gasteiger charge is -2.15. The van der Waals surface area contributed by atoms with Gasteiger partial charge in [0.15, 0.2) is 5.82 Å². The van der Waals surface area contributed by atoms with Crippen LogP contribution in [0.2, 0.25) is 0 Å². The van der Waals surface area contributed by atoms with Gasteiger partial charge in [-0.05, 0) is 28.8 Å². The lowest BCUT2D eigenvalue weighted by molar-refractivity contribution is 0.153. The van der Waals surface area contributed by atoms with Crippen LogP contribution in [0.3, 0.4) is 0 Å². The molecule has 0 fully saturated rings. The molecule has 0 bridgehead atoms. The topological polar surface area (TPSA) is 155 Å². The Hall–Kier alpha value is -3.00. The highest BCUT2D eigenvalue weighted by atomic mass is 79.9. The predicted molar refractivity (Wildman–Crippen MR) is 131 cm³/mol. The number of fused-ring (bicyclic) bond motifs is 1. The van der Waals surface area contributed by atoms with Crippen molar-refractivity contribution < 1.29 is 27.1 Å². The minimum absolute atomic E-state index is 0. The Bertz CT molecular complexity index is 1380. The maximum absolute atomic E-state index is 15.0. The number of benzene rings is 2. The van der Waals surface area contributed by atoms with Crippen LogP contribution in [0, 0.1) is 5.82 Å². The van der Waals surface area contributed by atoms with Crippen LogP contribution in [-0.2, 0) is 29.7 Å². The van der Waals surface area contributed by atoms with Gasteiger partial charge in [-0.3, -0.25) is 4.72 Å². The highest BCUT2D eigenvalue weighted by Crippen LogP contribution is 2.26. The summed E-state index contributed by atoms with van der Waals surface area (Å²) < 4.78 is 48.0. The molecule has 0 atom stereocenters. The van der Waals surface area contributed by atoms with Crippen LogP contribution in [0.1, 0.15) is 22.3 Å². The van der Waals surface area contributed by atoms with Crippen molar-refractivity contribution in [1.82, 2.24) is 9.62 Å². The summed E-state index contributed by atoms with van der Waals surface area (Å²) >= 11 is 0. The Morgan fingerprint density at radius 2 is 1.94 bits per heavy atom. The summed E-state index contributed by atoms with van der Waals surface area (Å²) in [6.07, 6.45) is -1.27. The van der Waals surface area contributed by atoms with Crippen molar-refractivity contribution in [1.29, 1.82) is 0 Å². The summed E-state index contributed by atoms with van der Waals surface area (Å²) in [7, 11) is -1.34. The first kappa shape index (κ1) is 27.2. The van der Waals surface area contributed by atoms with Gasteiger partial charge in [-0.2, -0.15) is 8.42 Å². The van der Waals surface area contributed by atoms with E-state index in [-0.39, 0.29) is 58.9 Å². The molecule has 5 N–H and O–H groups in total. The fraction of sp³-hybridized carbons (Fsp3) is 0.238. The minimum atomic E-state index is -3.93. The van der Waals surface area contributed by atoms with Gasteiger partial charge in [0.05, 0.1) is 5.69 Å². The number of rotatable bonds is 8. The second-order valence-electron chi connectivity index (χ2n) is 7.28. The van der Waals surface area contributed by atoms with Crippen LogP contribution in [0.4, 0.5) is 14.9 Å². The van der Waals surface area contributed by atoms with E-state index in [0.717, 1.165) is 4.90 Å². The van der Waals surface area contributed by atoms with Crippen LogP contribution >= 0.6 is 17.0 Å². The minimum Gasteiger partial charge on any atom is -0.465 e. The first-order valence-electron chi connectivity index (χ1n) is 9.76. The van der Waals surface area contributed by atoms with Crippen molar-refractivity contribution in [3.63, 3.8) is 0 Å². The van der Waals surface area contributed by atoms with Gasteiger partial charge in [0, 0.05) is 44.6 Å². The van der Waals surface area contributed by atoms with E-state index in [0.29, 0.717) is 16.5 Å². The molecule has 34 heavy (non-hydrogen) atoms. The molecule has 0 saturated heterocycles. The second kappa shape index (κ2) is 11.0. The molecular formula is C21H24BrFN4O6S. The van der Waals surface area contributed by atoms with E-state index >= 15 is 0 Å². The Kier molecular flexibility index (Phi) is 8.78. The van der Waals surface area contributed by atoms with E-state index in [1.807, 2.05) is 4.72 Å². The molecule has 10 nitrogen and oxygen atoms in total. The molecular weight excluding hydrogens is 535 g/mol. The molecule has 0 aliphatic carbocycles. The number of nitrogens with two attached hydrogens (primary N) is 1. The zero-order chi connectivity index (χ0) is 24.3. The number of hydrogen-bond donors (Lipinski definition) is 4. The molecule has 184 valence electrons. The highest BCUT2D eigenvalue weighted by Gasteiger charge is 2.19. The highest BCUT2D eigenvalue weighted by molar-refractivity contribution is 8.93. The number of anilines is 1. The van der Waals surface area contributed by atoms with Gasteiger partial charge in [0.2, 0.25) is 0 Å². The Morgan fingerprint density at radius 3 is 2.56 bits per heavy atom. The van der Waals surface area contributed by atoms with E-state index in [1.165, 1.54) is 32.3 Å². The van der Waals surface area contributed by atoms with Gasteiger partial charge < -0.3 is 20.2 Å². The van der Waals surface area contributed by atoms with Crippen molar-refractivity contribution in [3.05, 3.63) is 74.9 Å². The van der Waals surface area contributed by atoms with E-state index in [4.69, 9.17) is 15.3 Å². The van der Waals surface area contributed by atoms with E-state index in [2.05, 4.69) is 4.72 Å². The predicted octanol–water partition coefficient (Wildman–Crippen LogP) is 2.55. The lowest BCUT2D eigenvalue weighted by Crippen LogP contribution is -2.27. The molecule has 0 aliphatic heterocycles. The third-order valence-electron chi connectivity index (χ3n) is 5.09. The fourth-order valence-corrected chi connectivity index (χ4v) is 3.93. The van der Waals surface area contributed by atoms with Gasteiger partial charge in [0.25, 0.3) is 10.2 Å². The molecule has 0 saturated carbocycles.